The van der Waals surface area contributed by atoms with E-state index >= 15 is 0 Å². The van der Waals surface area contributed by atoms with Crippen LogP contribution in [-0.4, -0.2) is 25.3 Å². The zero-order valence-corrected chi connectivity index (χ0v) is 12.5. The molecule has 1 saturated carbocycles. The molecule has 116 valence electrons. The molecule has 0 heterocycles. The molecule has 0 saturated heterocycles. The lowest BCUT2D eigenvalue weighted by Gasteiger charge is -2.26. The van der Waals surface area contributed by atoms with Crippen LogP contribution in [0.1, 0.15) is 58.8 Å². The van der Waals surface area contributed by atoms with E-state index in [2.05, 4.69) is 32.1 Å². The number of rotatable bonds is 6. The third-order valence-electron chi connectivity index (χ3n) is 3.47. The van der Waals surface area contributed by atoms with Crippen molar-refractivity contribution in [3.63, 3.8) is 0 Å². The molecule has 1 aliphatic carbocycles. The van der Waals surface area contributed by atoms with Gasteiger partial charge in [0.15, 0.2) is 0 Å². The Balaban J connectivity index is -0.000000467. The maximum atomic E-state index is 7.00. The fourth-order valence-corrected chi connectivity index (χ4v) is 2.52. The molecule has 0 aromatic carbocycles. The van der Waals surface area contributed by atoms with Crippen LogP contribution in [0.25, 0.3) is 0 Å². The quantitative estimate of drug-likeness (QED) is 0.694. The molecule has 19 heavy (non-hydrogen) atoms. The van der Waals surface area contributed by atoms with Gasteiger partial charge in [0.2, 0.25) is 0 Å². The average Bonchev–Trinajstić information content (AvgIpc) is 2.48. The van der Waals surface area contributed by atoms with Crippen molar-refractivity contribution in [2.75, 3.05) is 14.2 Å². The van der Waals surface area contributed by atoms with Crippen LogP contribution in [0.4, 0.5) is 0 Å². The molecule has 0 spiro atoms. The molecular formula is C17H37NO. The lowest BCUT2D eigenvalue weighted by molar-refractivity contribution is 0.298. The molecule has 0 aromatic rings. The second kappa shape index (κ2) is 19.7. The van der Waals surface area contributed by atoms with Crippen LogP contribution in [0.2, 0.25) is 0 Å². The summed E-state index contributed by atoms with van der Waals surface area (Å²) in [6.07, 6.45) is 13.1. The third-order valence-corrected chi connectivity index (χ3v) is 3.47. The van der Waals surface area contributed by atoms with Crippen molar-refractivity contribution in [2.45, 2.75) is 64.8 Å². The predicted molar refractivity (Wildman–Crippen MR) is 89.6 cm³/mol. The van der Waals surface area contributed by atoms with Gasteiger partial charge in [0, 0.05) is 13.2 Å². The molecule has 1 atom stereocenters. The monoisotopic (exact) mass is 271 g/mol. The molecule has 0 amide bonds. The van der Waals surface area contributed by atoms with E-state index in [4.69, 9.17) is 5.11 Å². The molecule has 1 rings (SSSR count). The standard InChI is InChI=1S/C13H25N.C2H4.CH4O.CH4/c1-3-4-10-13(14-2)11-12-8-6-5-7-9-12;2*1-2;/h3,12-14H,1,4-11H2,2H3;1-2H2;2H,1H3;1H4. The normalized spacial score (nSPS) is 15.7. The summed E-state index contributed by atoms with van der Waals surface area (Å²) in [5.74, 6) is 0.992. The molecule has 2 nitrogen and oxygen atoms in total. The van der Waals surface area contributed by atoms with Crippen molar-refractivity contribution in [3.05, 3.63) is 25.8 Å². The number of hydrogen-bond donors (Lipinski definition) is 2. The molecule has 1 unspecified atom stereocenters. The predicted octanol–water partition coefficient (Wildman–Crippen LogP) is 4.56. The van der Waals surface area contributed by atoms with E-state index in [0.29, 0.717) is 0 Å². The van der Waals surface area contributed by atoms with Crippen molar-refractivity contribution in [1.82, 2.24) is 5.32 Å². The number of allylic oxidation sites excluding steroid dienone is 1. The Labute approximate surface area is 122 Å². The maximum absolute atomic E-state index is 7.00. The highest BCUT2D eigenvalue weighted by atomic mass is 16.2. The molecule has 0 radical (unpaired) electrons. The summed E-state index contributed by atoms with van der Waals surface area (Å²) in [5.41, 5.74) is 0. The number of hydrogen-bond acceptors (Lipinski definition) is 2. The smallest absolute Gasteiger partial charge is 0.0319 e. The van der Waals surface area contributed by atoms with Gasteiger partial charge in [0.1, 0.15) is 0 Å². The van der Waals surface area contributed by atoms with Gasteiger partial charge in [0.05, 0.1) is 0 Å². The van der Waals surface area contributed by atoms with E-state index < -0.39 is 0 Å². The minimum absolute atomic E-state index is 0. The van der Waals surface area contributed by atoms with Gasteiger partial charge in [-0.1, -0.05) is 45.6 Å². The summed E-state index contributed by atoms with van der Waals surface area (Å²) in [5, 5.41) is 10.4. The highest BCUT2D eigenvalue weighted by Gasteiger charge is 2.17. The summed E-state index contributed by atoms with van der Waals surface area (Å²) in [7, 11) is 3.09. The Morgan fingerprint density at radius 1 is 1.21 bits per heavy atom. The van der Waals surface area contributed by atoms with Gasteiger partial charge < -0.3 is 10.4 Å². The van der Waals surface area contributed by atoms with Gasteiger partial charge in [-0.05, 0) is 32.2 Å². The summed E-state index contributed by atoms with van der Waals surface area (Å²) in [6.45, 7) is 9.79. The SMILES string of the molecule is C.C=C.C=CCCC(CC1CCCCC1)NC.CO. The molecule has 2 N–H and O–H groups in total. The highest BCUT2D eigenvalue weighted by Crippen LogP contribution is 2.28. The molecular weight excluding hydrogens is 234 g/mol. The van der Waals surface area contributed by atoms with Gasteiger partial charge >= 0.3 is 0 Å². The summed E-state index contributed by atoms with van der Waals surface area (Å²) in [4.78, 5) is 0. The first-order valence-corrected chi connectivity index (χ1v) is 7.09. The van der Waals surface area contributed by atoms with Gasteiger partial charge in [0.25, 0.3) is 0 Å². The summed E-state index contributed by atoms with van der Waals surface area (Å²) >= 11 is 0. The molecule has 0 aliphatic heterocycles. The molecule has 0 bridgehead atoms. The van der Waals surface area contributed by atoms with Crippen molar-refractivity contribution in [2.24, 2.45) is 5.92 Å². The zero-order chi connectivity index (χ0) is 14.2. The summed E-state index contributed by atoms with van der Waals surface area (Å²) in [6, 6.07) is 0.719. The number of aliphatic hydroxyl groups excluding tert-OH is 1. The Bertz CT molecular complexity index is 165. The average molecular weight is 271 g/mol. The minimum Gasteiger partial charge on any atom is -0.400 e. The van der Waals surface area contributed by atoms with Crippen molar-refractivity contribution >= 4 is 0 Å². The fraction of sp³-hybridized carbons (Fsp3) is 0.765. The Morgan fingerprint density at radius 2 is 1.74 bits per heavy atom. The Kier molecular flexibility index (Phi) is 24.4. The van der Waals surface area contributed by atoms with Gasteiger partial charge in [-0.3, -0.25) is 0 Å². The van der Waals surface area contributed by atoms with E-state index in [1.54, 1.807) is 0 Å². The molecule has 1 aliphatic rings. The largest absolute Gasteiger partial charge is 0.400 e. The topological polar surface area (TPSA) is 32.3 Å². The van der Waals surface area contributed by atoms with Crippen LogP contribution < -0.4 is 5.32 Å². The highest BCUT2D eigenvalue weighted by molar-refractivity contribution is 4.77. The molecule has 0 aromatic heterocycles. The van der Waals surface area contributed by atoms with E-state index in [0.717, 1.165) is 25.5 Å². The third kappa shape index (κ3) is 13.6. The van der Waals surface area contributed by atoms with E-state index in [9.17, 15) is 0 Å². The van der Waals surface area contributed by atoms with Crippen molar-refractivity contribution in [3.8, 4) is 0 Å². The van der Waals surface area contributed by atoms with Gasteiger partial charge in [-0.15, -0.1) is 19.7 Å². The van der Waals surface area contributed by atoms with E-state index in [-0.39, 0.29) is 7.43 Å². The van der Waals surface area contributed by atoms with Gasteiger partial charge in [-0.25, -0.2) is 0 Å². The first-order valence-electron chi connectivity index (χ1n) is 7.09. The second-order valence-corrected chi connectivity index (χ2v) is 4.59. The number of nitrogens with one attached hydrogen (secondary N) is 1. The van der Waals surface area contributed by atoms with Crippen molar-refractivity contribution in [1.29, 1.82) is 0 Å². The van der Waals surface area contributed by atoms with Crippen LogP contribution in [0, 0.1) is 5.92 Å². The van der Waals surface area contributed by atoms with Crippen LogP contribution in [-0.2, 0) is 0 Å². The first kappa shape index (κ1) is 23.5. The van der Waals surface area contributed by atoms with Crippen LogP contribution in [0.3, 0.4) is 0 Å². The molecule has 2 heteroatoms. The molecule has 1 fully saturated rings. The maximum Gasteiger partial charge on any atom is 0.0319 e. The van der Waals surface area contributed by atoms with Crippen LogP contribution >= 0.6 is 0 Å². The second-order valence-electron chi connectivity index (χ2n) is 4.59. The lowest BCUT2D eigenvalue weighted by Crippen LogP contribution is -2.28. The Hall–Kier alpha value is -0.600. The van der Waals surface area contributed by atoms with Gasteiger partial charge in [-0.2, -0.15) is 0 Å². The first-order chi connectivity index (χ1) is 8.86. The summed E-state index contributed by atoms with van der Waals surface area (Å²) < 4.78 is 0. The van der Waals surface area contributed by atoms with Crippen molar-refractivity contribution < 1.29 is 5.11 Å². The van der Waals surface area contributed by atoms with E-state index in [1.807, 2.05) is 6.08 Å². The number of aliphatic hydroxyl groups is 1. The lowest BCUT2D eigenvalue weighted by atomic mass is 9.84. The fourth-order valence-electron chi connectivity index (χ4n) is 2.52. The minimum atomic E-state index is 0. The van der Waals surface area contributed by atoms with Crippen LogP contribution in [0.5, 0.6) is 0 Å². The van der Waals surface area contributed by atoms with Crippen LogP contribution in [0.15, 0.2) is 25.8 Å². The Morgan fingerprint density at radius 3 is 2.16 bits per heavy atom. The zero-order valence-electron chi connectivity index (χ0n) is 12.5. The van der Waals surface area contributed by atoms with E-state index in [1.165, 1.54) is 44.9 Å².